The van der Waals surface area contributed by atoms with Crippen LogP contribution in [0.25, 0.3) is 0 Å². The third-order valence-electron chi connectivity index (χ3n) is 3.57. The summed E-state index contributed by atoms with van der Waals surface area (Å²) in [6.45, 7) is 6.63. The van der Waals surface area contributed by atoms with Crippen LogP contribution in [0.5, 0.6) is 0 Å². The highest BCUT2D eigenvalue weighted by Gasteiger charge is 2.13. The number of likely N-dealkylation sites (tertiary alicyclic amines) is 2. The van der Waals surface area contributed by atoms with Crippen LogP contribution in [0.15, 0.2) is 4.99 Å². The lowest BCUT2D eigenvalue weighted by Gasteiger charge is -2.30. The Balaban J connectivity index is 1.70. The van der Waals surface area contributed by atoms with E-state index in [1.165, 1.54) is 45.2 Å². The second-order valence-corrected chi connectivity index (χ2v) is 4.84. The summed E-state index contributed by atoms with van der Waals surface area (Å²) in [4.78, 5) is 9.17. The zero-order chi connectivity index (χ0) is 11.2. The van der Waals surface area contributed by atoms with Gasteiger partial charge in [-0.25, -0.2) is 0 Å². The molecule has 0 saturated carbocycles. The molecule has 0 spiro atoms. The van der Waals surface area contributed by atoms with Crippen LogP contribution in [0, 0.1) is 0 Å². The SMILES string of the molecule is NC(=NCCN1CCC1)N1CCCCCC1. The van der Waals surface area contributed by atoms with Crippen LogP contribution in [-0.4, -0.2) is 55.0 Å². The summed E-state index contributed by atoms with van der Waals surface area (Å²) < 4.78 is 0. The van der Waals surface area contributed by atoms with Gasteiger partial charge in [0.15, 0.2) is 5.96 Å². The predicted octanol–water partition coefficient (Wildman–Crippen LogP) is 0.883. The first kappa shape index (κ1) is 11.7. The zero-order valence-corrected chi connectivity index (χ0v) is 10.2. The van der Waals surface area contributed by atoms with Gasteiger partial charge in [0.1, 0.15) is 0 Å². The smallest absolute Gasteiger partial charge is 0.191 e. The average Bonchev–Trinajstić information content (AvgIpc) is 2.49. The number of hydrogen-bond donors (Lipinski definition) is 1. The molecule has 2 heterocycles. The number of nitrogens with zero attached hydrogens (tertiary/aromatic N) is 3. The van der Waals surface area contributed by atoms with Crippen molar-refractivity contribution in [2.24, 2.45) is 10.7 Å². The maximum absolute atomic E-state index is 6.02. The molecule has 0 radical (unpaired) electrons. The van der Waals surface area contributed by atoms with Gasteiger partial charge in [-0.1, -0.05) is 12.8 Å². The van der Waals surface area contributed by atoms with Crippen LogP contribution >= 0.6 is 0 Å². The number of rotatable bonds is 3. The summed E-state index contributed by atoms with van der Waals surface area (Å²) in [5.74, 6) is 0.766. The van der Waals surface area contributed by atoms with E-state index in [9.17, 15) is 0 Å². The van der Waals surface area contributed by atoms with E-state index in [4.69, 9.17) is 5.73 Å². The number of aliphatic imine (C=N–C) groups is 1. The van der Waals surface area contributed by atoms with E-state index in [2.05, 4.69) is 14.8 Å². The molecule has 0 atom stereocenters. The van der Waals surface area contributed by atoms with Crippen LogP contribution in [-0.2, 0) is 0 Å². The summed E-state index contributed by atoms with van der Waals surface area (Å²) in [7, 11) is 0. The molecule has 2 rings (SSSR count). The van der Waals surface area contributed by atoms with Gasteiger partial charge in [0.05, 0.1) is 6.54 Å². The second-order valence-electron chi connectivity index (χ2n) is 4.84. The largest absolute Gasteiger partial charge is 0.370 e. The van der Waals surface area contributed by atoms with Crippen LogP contribution in [0.2, 0.25) is 0 Å². The fourth-order valence-electron chi connectivity index (χ4n) is 2.31. The van der Waals surface area contributed by atoms with Gasteiger partial charge in [-0.2, -0.15) is 0 Å². The van der Waals surface area contributed by atoms with E-state index in [1.54, 1.807) is 0 Å². The van der Waals surface area contributed by atoms with Crippen LogP contribution in [0.4, 0.5) is 0 Å². The minimum atomic E-state index is 0.766. The third-order valence-corrected chi connectivity index (χ3v) is 3.57. The number of guanidine groups is 1. The number of hydrogen-bond acceptors (Lipinski definition) is 2. The molecule has 2 N–H and O–H groups in total. The van der Waals surface area contributed by atoms with Gasteiger partial charge in [-0.15, -0.1) is 0 Å². The molecule has 0 aliphatic carbocycles. The van der Waals surface area contributed by atoms with E-state index in [-0.39, 0.29) is 0 Å². The summed E-state index contributed by atoms with van der Waals surface area (Å²) in [6.07, 6.45) is 6.57. The fourth-order valence-corrected chi connectivity index (χ4v) is 2.31. The zero-order valence-electron chi connectivity index (χ0n) is 10.2. The van der Waals surface area contributed by atoms with Crippen molar-refractivity contribution in [3.05, 3.63) is 0 Å². The quantitative estimate of drug-likeness (QED) is 0.572. The van der Waals surface area contributed by atoms with Crippen molar-refractivity contribution in [2.75, 3.05) is 39.3 Å². The molecule has 0 amide bonds. The fraction of sp³-hybridized carbons (Fsp3) is 0.917. The van der Waals surface area contributed by atoms with Gasteiger partial charge in [0, 0.05) is 19.6 Å². The Kier molecular flexibility index (Phi) is 4.45. The summed E-state index contributed by atoms with van der Waals surface area (Å²) in [5, 5.41) is 0. The van der Waals surface area contributed by atoms with E-state index in [0.717, 1.165) is 32.1 Å². The lowest BCUT2D eigenvalue weighted by Crippen LogP contribution is -2.41. The lowest BCUT2D eigenvalue weighted by molar-refractivity contribution is 0.187. The molecule has 16 heavy (non-hydrogen) atoms. The van der Waals surface area contributed by atoms with Gasteiger partial charge in [-0.05, 0) is 32.4 Å². The Morgan fingerprint density at radius 2 is 1.62 bits per heavy atom. The van der Waals surface area contributed by atoms with Crippen molar-refractivity contribution in [3.8, 4) is 0 Å². The van der Waals surface area contributed by atoms with Gasteiger partial charge in [0.2, 0.25) is 0 Å². The average molecular weight is 224 g/mol. The Labute approximate surface area is 98.5 Å². The highest BCUT2D eigenvalue weighted by Crippen LogP contribution is 2.09. The van der Waals surface area contributed by atoms with Crippen molar-refractivity contribution < 1.29 is 0 Å². The molecule has 2 aliphatic rings. The maximum atomic E-state index is 6.02. The van der Waals surface area contributed by atoms with E-state index < -0.39 is 0 Å². The van der Waals surface area contributed by atoms with Crippen molar-refractivity contribution in [2.45, 2.75) is 32.1 Å². The Hall–Kier alpha value is -0.770. The van der Waals surface area contributed by atoms with Gasteiger partial charge in [-0.3, -0.25) is 4.99 Å². The first-order chi connectivity index (χ1) is 7.86. The third kappa shape index (κ3) is 3.37. The highest BCUT2D eigenvalue weighted by molar-refractivity contribution is 5.78. The lowest BCUT2D eigenvalue weighted by atomic mass is 10.2. The Morgan fingerprint density at radius 1 is 0.938 bits per heavy atom. The molecule has 4 heteroatoms. The molecule has 0 aromatic heterocycles. The Bertz CT molecular complexity index is 227. The minimum absolute atomic E-state index is 0.766. The van der Waals surface area contributed by atoms with Crippen LogP contribution < -0.4 is 5.73 Å². The molecular formula is C12H24N4. The molecule has 0 unspecified atom stereocenters. The van der Waals surface area contributed by atoms with Gasteiger partial charge >= 0.3 is 0 Å². The van der Waals surface area contributed by atoms with Gasteiger partial charge < -0.3 is 15.5 Å². The van der Waals surface area contributed by atoms with E-state index >= 15 is 0 Å². The highest BCUT2D eigenvalue weighted by atomic mass is 15.3. The van der Waals surface area contributed by atoms with E-state index in [1.807, 2.05) is 0 Å². The molecule has 0 aromatic carbocycles. The summed E-state index contributed by atoms with van der Waals surface area (Å²) >= 11 is 0. The summed E-state index contributed by atoms with van der Waals surface area (Å²) in [5.41, 5.74) is 6.02. The first-order valence-electron chi connectivity index (χ1n) is 6.63. The predicted molar refractivity (Wildman–Crippen MR) is 67.6 cm³/mol. The normalized spacial score (nSPS) is 24.0. The molecule has 4 nitrogen and oxygen atoms in total. The minimum Gasteiger partial charge on any atom is -0.370 e. The number of nitrogens with two attached hydrogens (primary N) is 1. The molecule has 0 bridgehead atoms. The van der Waals surface area contributed by atoms with E-state index in [0.29, 0.717) is 0 Å². The molecular weight excluding hydrogens is 200 g/mol. The molecule has 2 fully saturated rings. The van der Waals surface area contributed by atoms with Crippen molar-refractivity contribution in [3.63, 3.8) is 0 Å². The monoisotopic (exact) mass is 224 g/mol. The maximum Gasteiger partial charge on any atom is 0.191 e. The molecule has 92 valence electrons. The van der Waals surface area contributed by atoms with Crippen LogP contribution in [0.3, 0.4) is 0 Å². The van der Waals surface area contributed by atoms with Crippen molar-refractivity contribution >= 4 is 5.96 Å². The first-order valence-corrected chi connectivity index (χ1v) is 6.63. The molecule has 0 aromatic rings. The van der Waals surface area contributed by atoms with Crippen molar-refractivity contribution in [1.82, 2.24) is 9.80 Å². The second kappa shape index (κ2) is 6.09. The molecule has 2 aliphatic heterocycles. The topological polar surface area (TPSA) is 44.9 Å². The van der Waals surface area contributed by atoms with Gasteiger partial charge in [0.25, 0.3) is 0 Å². The van der Waals surface area contributed by atoms with Crippen LogP contribution in [0.1, 0.15) is 32.1 Å². The molecule has 2 saturated heterocycles. The van der Waals surface area contributed by atoms with Crippen molar-refractivity contribution in [1.29, 1.82) is 0 Å². The standard InChI is InChI=1S/C12H24N4/c13-12(14-6-11-15-7-5-8-15)16-9-3-1-2-4-10-16/h1-11H2,(H2,13,14). The Morgan fingerprint density at radius 3 is 2.19 bits per heavy atom. The summed E-state index contributed by atoms with van der Waals surface area (Å²) in [6, 6.07) is 0.